The summed E-state index contributed by atoms with van der Waals surface area (Å²) in [6, 6.07) is 13.4. The Bertz CT molecular complexity index is 1770. The first kappa shape index (κ1) is 33.0. The number of rotatable bonds is 7. The van der Waals surface area contributed by atoms with Gasteiger partial charge in [0.25, 0.3) is 0 Å². The highest BCUT2D eigenvalue weighted by Gasteiger charge is 2.30. The summed E-state index contributed by atoms with van der Waals surface area (Å²) in [5.41, 5.74) is 3.06. The minimum Gasteiger partial charge on any atom is -0.464 e. The largest absolute Gasteiger partial charge is 0.464 e. The molecule has 2 aliphatic rings. The molecule has 0 radical (unpaired) electrons. The lowest BCUT2D eigenvalue weighted by atomic mass is 9.87. The molecule has 0 spiro atoms. The molecule has 11 nitrogen and oxygen atoms in total. The van der Waals surface area contributed by atoms with E-state index in [-0.39, 0.29) is 29.1 Å². The zero-order valence-electron chi connectivity index (χ0n) is 28.0. The van der Waals surface area contributed by atoms with Crippen LogP contribution in [0.5, 0.6) is 0 Å². The number of piperidine rings is 1. The average molecular weight is 659 g/mol. The van der Waals surface area contributed by atoms with Crippen molar-refractivity contribution in [2.45, 2.75) is 58.1 Å². The third kappa shape index (κ3) is 7.17. The van der Waals surface area contributed by atoms with E-state index in [9.17, 15) is 14.4 Å². The third-order valence-corrected chi connectivity index (χ3v) is 9.09. The van der Waals surface area contributed by atoms with Gasteiger partial charge >= 0.3 is 12.1 Å². The van der Waals surface area contributed by atoms with Crippen LogP contribution >= 0.6 is 0 Å². The van der Waals surface area contributed by atoms with Gasteiger partial charge < -0.3 is 29.2 Å². The highest BCUT2D eigenvalue weighted by molar-refractivity contribution is 6.02. The van der Waals surface area contributed by atoms with Gasteiger partial charge in [-0.15, -0.1) is 0 Å². The van der Waals surface area contributed by atoms with Crippen LogP contribution < -0.4 is 4.90 Å². The number of hydrogen-bond acceptors (Lipinski definition) is 7. The summed E-state index contributed by atoms with van der Waals surface area (Å²) in [7, 11) is 1.29. The number of aromatic amines is 1. The van der Waals surface area contributed by atoms with Gasteiger partial charge in [0, 0.05) is 81.6 Å². The molecule has 2 aromatic carbocycles. The second-order valence-corrected chi connectivity index (χ2v) is 13.5. The zero-order valence-corrected chi connectivity index (χ0v) is 28.0. The van der Waals surface area contributed by atoms with Crippen molar-refractivity contribution in [3.63, 3.8) is 0 Å². The van der Waals surface area contributed by atoms with Gasteiger partial charge in [0.1, 0.15) is 11.3 Å². The van der Waals surface area contributed by atoms with Crippen molar-refractivity contribution in [2.24, 2.45) is 0 Å². The molecule has 0 saturated carbocycles. The maximum Gasteiger partial charge on any atom is 0.410 e. The topological polar surface area (TPSA) is 113 Å². The monoisotopic (exact) mass is 658 g/mol. The molecule has 4 heterocycles. The first-order chi connectivity index (χ1) is 23.0. The van der Waals surface area contributed by atoms with E-state index >= 15 is 4.39 Å². The third-order valence-electron chi connectivity index (χ3n) is 9.09. The van der Waals surface area contributed by atoms with Crippen molar-refractivity contribution < 1.29 is 28.2 Å². The number of likely N-dealkylation sites (tertiary alicyclic amines) is 1. The van der Waals surface area contributed by atoms with Gasteiger partial charge in [-0.1, -0.05) is 12.1 Å². The highest BCUT2D eigenvalue weighted by Crippen LogP contribution is 2.39. The quantitative estimate of drug-likeness (QED) is 0.250. The summed E-state index contributed by atoms with van der Waals surface area (Å²) < 4.78 is 28.5. The van der Waals surface area contributed by atoms with Crippen molar-refractivity contribution in [1.29, 1.82) is 0 Å². The normalized spacial score (nSPS) is 17.1. The number of nitrogens with one attached hydrogen (secondary N) is 1. The number of aromatic nitrogens is 3. The number of nitrogens with zero attached hydrogens (tertiary/aromatic N) is 5. The Kier molecular flexibility index (Phi) is 9.43. The molecule has 2 aliphatic heterocycles. The minimum absolute atomic E-state index is 0.0206. The van der Waals surface area contributed by atoms with Crippen LogP contribution in [0.1, 0.15) is 62.0 Å². The fourth-order valence-corrected chi connectivity index (χ4v) is 6.62. The van der Waals surface area contributed by atoms with Gasteiger partial charge in [0.2, 0.25) is 5.91 Å². The maximum atomic E-state index is 16.3. The van der Waals surface area contributed by atoms with E-state index in [1.165, 1.54) is 7.11 Å². The molecule has 4 aromatic rings. The maximum absolute atomic E-state index is 16.3. The van der Waals surface area contributed by atoms with E-state index < -0.39 is 17.4 Å². The first-order valence-electron chi connectivity index (χ1n) is 16.5. The summed E-state index contributed by atoms with van der Waals surface area (Å²) in [4.78, 5) is 46.9. The number of amides is 2. The molecule has 1 N–H and O–H groups in total. The average Bonchev–Trinajstić information content (AvgIpc) is 3.78. The number of aryl methyl sites for hydroxylation is 1. The number of halogens is 1. The van der Waals surface area contributed by atoms with Gasteiger partial charge in [-0.05, 0) is 80.6 Å². The summed E-state index contributed by atoms with van der Waals surface area (Å²) >= 11 is 0. The van der Waals surface area contributed by atoms with Crippen molar-refractivity contribution in [1.82, 2.24) is 24.6 Å². The second-order valence-electron chi connectivity index (χ2n) is 13.5. The van der Waals surface area contributed by atoms with Crippen LogP contribution in [0.2, 0.25) is 0 Å². The number of methoxy groups -OCH3 is 1. The molecule has 48 heavy (non-hydrogen) atoms. The van der Waals surface area contributed by atoms with E-state index in [0.29, 0.717) is 63.2 Å². The summed E-state index contributed by atoms with van der Waals surface area (Å²) in [5.74, 6) is -1.18. The lowest BCUT2D eigenvalue weighted by Crippen LogP contribution is -2.50. The van der Waals surface area contributed by atoms with Crippen LogP contribution in [-0.4, -0.2) is 94.5 Å². The van der Waals surface area contributed by atoms with Gasteiger partial charge in [0.05, 0.1) is 12.6 Å². The predicted molar refractivity (Wildman–Crippen MR) is 180 cm³/mol. The van der Waals surface area contributed by atoms with E-state index in [4.69, 9.17) is 9.47 Å². The van der Waals surface area contributed by atoms with E-state index in [0.717, 1.165) is 29.7 Å². The second kappa shape index (κ2) is 13.7. The van der Waals surface area contributed by atoms with Crippen molar-refractivity contribution >= 4 is 34.6 Å². The molecule has 1 atom stereocenters. The van der Waals surface area contributed by atoms with Crippen molar-refractivity contribution in [3.8, 4) is 11.1 Å². The molecule has 0 aliphatic carbocycles. The molecule has 12 heteroatoms. The predicted octanol–water partition coefficient (Wildman–Crippen LogP) is 5.81. The summed E-state index contributed by atoms with van der Waals surface area (Å²) in [6.45, 7) is 9.58. The van der Waals surface area contributed by atoms with Crippen LogP contribution in [-0.2, 0) is 20.8 Å². The minimum atomic E-state index is -0.578. The van der Waals surface area contributed by atoms with Crippen molar-refractivity contribution in [3.05, 3.63) is 71.9 Å². The highest BCUT2D eigenvalue weighted by atomic mass is 19.1. The van der Waals surface area contributed by atoms with Crippen LogP contribution in [0.15, 0.2) is 54.9 Å². The number of anilines is 1. The molecule has 6 rings (SSSR count). The molecule has 0 bridgehead atoms. The summed E-state index contributed by atoms with van der Waals surface area (Å²) in [6.07, 6.45) is 5.04. The Morgan fingerprint density at radius 2 is 1.77 bits per heavy atom. The van der Waals surface area contributed by atoms with Crippen LogP contribution in [0.25, 0.3) is 22.0 Å². The molecule has 254 valence electrons. The SMILES string of the molecule is COC(=O)c1cc2c(-c3ccc(N4CCN(C(=O)OC(C)(C)C)CC4)cc3)cc([C@H]3CCCN(C(=O)CCn4cccn4)C3)c(F)c2[nH]1. The summed E-state index contributed by atoms with van der Waals surface area (Å²) in [5, 5.41) is 4.77. The molecule has 2 amide bonds. The van der Waals surface area contributed by atoms with E-state index in [2.05, 4.69) is 15.0 Å². The number of esters is 1. The number of H-pyrrole nitrogens is 1. The molecule has 0 unspecified atom stereocenters. The number of benzene rings is 2. The Hall–Kier alpha value is -4.87. The fraction of sp³-hybridized carbons (Fsp3) is 0.444. The Labute approximate surface area is 279 Å². The van der Waals surface area contributed by atoms with Gasteiger partial charge in [-0.3, -0.25) is 9.48 Å². The Morgan fingerprint density at radius 1 is 1.02 bits per heavy atom. The fourth-order valence-electron chi connectivity index (χ4n) is 6.62. The van der Waals surface area contributed by atoms with Crippen LogP contribution in [0.4, 0.5) is 14.9 Å². The lowest BCUT2D eigenvalue weighted by Gasteiger charge is -2.36. The number of carbonyl (C=O) groups excluding carboxylic acids is 3. The Morgan fingerprint density at radius 3 is 2.44 bits per heavy atom. The van der Waals surface area contributed by atoms with E-state index in [1.807, 2.05) is 68.3 Å². The lowest BCUT2D eigenvalue weighted by molar-refractivity contribution is -0.132. The first-order valence-corrected chi connectivity index (χ1v) is 16.5. The number of piperazine rings is 1. The van der Waals surface area contributed by atoms with Gasteiger partial charge in [-0.2, -0.15) is 5.10 Å². The molecule has 2 aromatic heterocycles. The Balaban J connectivity index is 1.24. The van der Waals surface area contributed by atoms with Crippen LogP contribution in [0, 0.1) is 5.82 Å². The number of fused-ring (bicyclic) bond motifs is 1. The van der Waals surface area contributed by atoms with Gasteiger partial charge in [0.15, 0.2) is 5.82 Å². The molecule has 2 fully saturated rings. The number of hydrogen-bond donors (Lipinski definition) is 1. The number of carbonyl (C=O) groups is 3. The van der Waals surface area contributed by atoms with Gasteiger partial charge in [-0.25, -0.2) is 14.0 Å². The molecular formula is C36H43FN6O5. The molecular weight excluding hydrogens is 615 g/mol. The van der Waals surface area contributed by atoms with Crippen LogP contribution in [0.3, 0.4) is 0 Å². The van der Waals surface area contributed by atoms with E-state index in [1.54, 1.807) is 21.8 Å². The smallest absolute Gasteiger partial charge is 0.410 e. The molecule has 2 saturated heterocycles. The number of ether oxygens (including phenoxy) is 2. The van der Waals surface area contributed by atoms with Crippen molar-refractivity contribution in [2.75, 3.05) is 51.3 Å². The standard InChI is InChI=1S/C36H43FN6O5/c1-36(2,3)48-35(46)41-19-17-40(18-20-41)26-10-8-24(9-11-26)27-21-28(32(37)33-29(27)22-30(39-33)34(45)47-4)25-7-5-14-42(23-25)31(44)12-16-43-15-6-13-38-43/h6,8-11,13,15,21-22,25,39H,5,7,12,14,16-20,23H2,1-4H3/t25-/m0/s1. The zero-order chi connectivity index (χ0) is 34.0.